The molecule has 1 aliphatic rings. The number of benzene rings is 2. The van der Waals surface area contributed by atoms with Gasteiger partial charge in [0.1, 0.15) is 23.6 Å². The molecule has 0 aliphatic carbocycles. The van der Waals surface area contributed by atoms with Crippen LogP contribution in [0.3, 0.4) is 0 Å². The van der Waals surface area contributed by atoms with Crippen LogP contribution in [-0.4, -0.2) is 68.4 Å². The van der Waals surface area contributed by atoms with Gasteiger partial charge in [-0.1, -0.05) is 36.4 Å². The zero-order valence-electron chi connectivity index (χ0n) is 21.0. The van der Waals surface area contributed by atoms with Crippen molar-refractivity contribution in [2.45, 2.75) is 25.4 Å². The highest BCUT2D eigenvalue weighted by atomic mass is 16.5. The standard InChI is InChI=1S/C27H29N7O4/c1-38-22-7-3-2-6-20(22)21(35)14-29-13-17-8-10-18(11-9-17)24-23-25(28)30-16-31-26(23)34(32-24)19-5-4-12-33(15-19)27(36)37/h2-3,6-11,16,19,29H,4-5,12-15H2,1H3,(H,36,37)(H2,28,30,31)/t19-/m1/s1. The predicted molar refractivity (Wildman–Crippen MR) is 142 cm³/mol. The van der Waals surface area contributed by atoms with E-state index in [0.717, 1.165) is 24.0 Å². The Bertz CT molecular complexity index is 1470. The summed E-state index contributed by atoms with van der Waals surface area (Å²) in [5, 5.41) is 18.1. The third-order valence-corrected chi connectivity index (χ3v) is 6.78. The van der Waals surface area contributed by atoms with E-state index in [1.54, 1.807) is 23.9 Å². The van der Waals surface area contributed by atoms with E-state index in [0.29, 0.717) is 53.5 Å². The van der Waals surface area contributed by atoms with Crippen molar-refractivity contribution in [1.29, 1.82) is 0 Å². The molecule has 1 aliphatic heterocycles. The quantitative estimate of drug-likeness (QED) is 0.300. The predicted octanol–water partition coefficient (Wildman–Crippen LogP) is 3.37. The van der Waals surface area contributed by atoms with Gasteiger partial charge in [0.15, 0.2) is 11.4 Å². The van der Waals surface area contributed by atoms with Crippen LogP contribution in [-0.2, 0) is 6.54 Å². The van der Waals surface area contributed by atoms with Gasteiger partial charge in [-0.3, -0.25) is 4.79 Å². The number of amides is 1. The minimum Gasteiger partial charge on any atom is -0.496 e. The maximum atomic E-state index is 12.6. The molecule has 0 unspecified atom stereocenters. The summed E-state index contributed by atoms with van der Waals surface area (Å²) in [6.45, 7) is 1.54. The number of methoxy groups -OCH3 is 1. The summed E-state index contributed by atoms with van der Waals surface area (Å²) >= 11 is 0. The number of anilines is 1. The molecule has 5 rings (SSSR count). The maximum Gasteiger partial charge on any atom is 0.407 e. The molecule has 38 heavy (non-hydrogen) atoms. The van der Waals surface area contributed by atoms with Gasteiger partial charge in [-0.2, -0.15) is 5.10 Å². The first-order valence-corrected chi connectivity index (χ1v) is 12.4. The number of Topliss-reactive ketones (excluding diaryl/α,β-unsaturated/α-hetero) is 1. The van der Waals surface area contributed by atoms with Gasteiger partial charge in [0.05, 0.1) is 30.6 Å². The third-order valence-electron chi connectivity index (χ3n) is 6.78. The number of hydrogen-bond donors (Lipinski definition) is 3. The maximum absolute atomic E-state index is 12.6. The molecule has 1 atom stereocenters. The van der Waals surface area contributed by atoms with Crippen LogP contribution in [0, 0.1) is 0 Å². The molecule has 1 fully saturated rings. The second-order valence-corrected chi connectivity index (χ2v) is 9.20. The number of nitrogen functional groups attached to an aromatic ring is 1. The molecule has 11 nitrogen and oxygen atoms in total. The Hall–Kier alpha value is -4.51. The molecule has 0 saturated carbocycles. The van der Waals surface area contributed by atoms with Gasteiger partial charge in [-0.05, 0) is 30.5 Å². The van der Waals surface area contributed by atoms with Crippen molar-refractivity contribution >= 4 is 28.7 Å². The van der Waals surface area contributed by atoms with E-state index in [2.05, 4.69) is 15.3 Å². The molecule has 0 radical (unpaired) electrons. The molecule has 3 heterocycles. The number of carbonyl (C=O) groups excluding carboxylic acids is 1. The summed E-state index contributed by atoms with van der Waals surface area (Å²) in [6.07, 6.45) is 2.00. The number of nitrogens with two attached hydrogens (primary N) is 1. The van der Waals surface area contributed by atoms with Crippen LogP contribution in [0.1, 0.15) is 34.8 Å². The minimum atomic E-state index is -0.936. The molecule has 4 aromatic rings. The van der Waals surface area contributed by atoms with Gasteiger partial charge >= 0.3 is 6.09 Å². The van der Waals surface area contributed by atoms with Gasteiger partial charge in [0.25, 0.3) is 0 Å². The number of nitrogens with zero attached hydrogens (tertiary/aromatic N) is 5. The number of carboxylic acid groups (broad SMARTS) is 1. The lowest BCUT2D eigenvalue weighted by atomic mass is 10.1. The van der Waals surface area contributed by atoms with Crippen molar-refractivity contribution in [3.63, 3.8) is 0 Å². The Morgan fingerprint density at radius 1 is 1.16 bits per heavy atom. The summed E-state index contributed by atoms with van der Waals surface area (Å²) in [5.74, 6) is 0.834. The average molecular weight is 516 g/mol. The van der Waals surface area contributed by atoms with Crippen molar-refractivity contribution in [2.75, 3.05) is 32.5 Å². The first-order chi connectivity index (χ1) is 18.5. The Morgan fingerprint density at radius 3 is 2.71 bits per heavy atom. The normalized spacial score (nSPS) is 15.5. The fourth-order valence-corrected chi connectivity index (χ4v) is 4.85. The summed E-state index contributed by atoms with van der Waals surface area (Å²) in [6, 6.07) is 14.8. The lowest BCUT2D eigenvalue weighted by Gasteiger charge is -2.30. The Labute approximate surface area is 219 Å². The molecular weight excluding hydrogens is 486 g/mol. The smallest absolute Gasteiger partial charge is 0.407 e. The van der Waals surface area contributed by atoms with Crippen LogP contribution in [0.2, 0.25) is 0 Å². The van der Waals surface area contributed by atoms with E-state index in [1.165, 1.54) is 11.2 Å². The molecule has 196 valence electrons. The number of fused-ring (bicyclic) bond motifs is 1. The molecule has 1 saturated heterocycles. The van der Waals surface area contributed by atoms with Gasteiger partial charge in [-0.15, -0.1) is 0 Å². The van der Waals surface area contributed by atoms with E-state index in [1.807, 2.05) is 36.4 Å². The number of carbonyl (C=O) groups is 2. The van der Waals surface area contributed by atoms with Crippen LogP contribution in [0.5, 0.6) is 5.75 Å². The van der Waals surface area contributed by atoms with E-state index in [9.17, 15) is 14.7 Å². The molecule has 0 spiro atoms. The lowest BCUT2D eigenvalue weighted by molar-refractivity contribution is 0.0987. The van der Waals surface area contributed by atoms with Gasteiger partial charge < -0.3 is 25.8 Å². The molecule has 0 bridgehead atoms. The fourth-order valence-electron chi connectivity index (χ4n) is 4.85. The summed E-state index contributed by atoms with van der Waals surface area (Å²) in [4.78, 5) is 34.1. The molecule has 2 aromatic heterocycles. The number of aromatic nitrogens is 4. The number of piperidine rings is 1. The minimum absolute atomic E-state index is 0.0456. The Kier molecular flexibility index (Phi) is 7.18. The second-order valence-electron chi connectivity index (χ2n) is 9.20. The monoisotopic (exact) mass is 515 g/mol. The number of nitrogens with one attached hydrogen (secondary N) is 1. The highest BCUT2D eigenvalue weighted by molar-refractivity contribution is 6.00. The topological polar surface area (TPSA) is 148 Å². The number of likely N-dealkylation sites (tertiary alicyclic amines) is 1. The average Bonchev–Trinajstić information content (AvgIpc) is 3.34. The number of para-hydroxylation sites is 1. The highest BCUT2D eigenvalue weighted by Gasteiger charge is 2.28. The van der Waals surface area contributed by atoms with E-state index in [-0.39, 0.29) is 18.4 Å². The van der Waals surface area contributed by atoms with Crippen LogP contribution >= 0.6 is 0 Å². The first-order valence-electron chi connectivity index (χ1n) is 12.4. The van der Waals surface area contributed by atoms with Crippen LogP contribution in [0.4, 0.5) is 10.6 Å². The van der Waals surface area contributed by atoms with E-state index >= 15 is 0 Å². The number of hydrogen-bond acceptors (Lipinski definition) is 8. The summed E-state index contributed by atoms with van der Waals surface area (Å²) < 4.78 is 7.07. The summed E-state index contributed by atoms with van der Waals surface area (Å²) in [7, 11) is 1.55. The van der Waals surface area contributed by atoms with E-state index < -0.39 is 6.09 Å². The molecule has 4 N–H and O–H groups in total. The fraction of sp³-hybridized carbons (Fsp3) is 0.296. The van der Waals surface area contributed by atoms with Crippen molar-refractivity contribution in [1.82, 2.24) is 30.0 Å². The SMILES string of the molecule is COc1ccccc1C(=O)CNCc1ccc(-c2nn([C@@H]3CCCN(C(=O)O)C3)c3ncnc(N)c23)cc1. The largest absolute Gasteiger partial charge is 0.496 e. The zero-order chi connectivity index (χ0) is 26.6. The summed E-state index contributed by atoms with van der Waals surface area (Å²) in [5.41, 5.74) is 9.87. The highest BCUT2D eigenvalue weighted by Crippen LogP contribution is 2.33. The van der Waals surface area contributed by atoms with Gasteiger partial charge in [0, 0.05) is 25.2 Å². The van der Waals surface area contributed by atoms with Crippen LogP contribution in [0.15, 0.2) is 54.9 Å². The molecule has 1 amide bonds. The second kappa shape index (κ2) is 10.9. The van der Waals surface area contributed by atoms with Crippen molar-refractivity contribution in [3.05, 3.63) is 66.0 Å². The molecular formula is C27H29N7O4. The van der Waals surface area contributed by atoms with Crippen molar-refractivity contribution in [2.24, 2.45) is 0 Å². The molecule has 2 aromatic carbocycles. The van der Waals surface area contributed by atoms with Crippen molar-refractivity contribution < 1.29 is 19.4 Å². The Morgan fingerprint density at radius 2 is 1.95 bits per heavy atom. The van der Waals surface area contributed by atoms with E-state index in [4.69, 9.17) is 15.6 Å². The number of ether oxygens (including phenoxy) is 1. The van der Waals surface area contributed by atoms with Gasteiger partial charge in [0.2, 0.25) is 0 Å². The van der Waals surface area contributed by atoms with Gasteiger partial charge in [-0.25, -0.2) is 19.4 Å². The zero-order valence-corrected chi connectivity index (χ0v) is 21.0. The number of ketones is 1. The van der Waals surface area contributed by atoms with Crippen LogP contribution in [0.25, 0.3) is 22.3 Å². The Balaban J connectivity index is 1.33. The van der Waals surface area contributed by atoms with Crippen molar-refractivity contribution in [3.8, 4) is 17.0 Å². The molecule has 11 heteroatoms. The lowest BCUT2D eigenvalue weighted by Crippen LogP contribution is -2.40. The number of rotatable bonds is 8. The first kappa shape index (κ1) is 25.2. The third kappa shape index (κ3) is 5.00. The van der Waals surface area contributed by atoms with Crippen LogP contribution < -0.4 is 15.8 Å².